The average molecular weight is 427 g/mol. The Bertz CT molecular complexity index is 977. The number of halogens is 1. The van der Waals surface area contributed by atoms with E-state index in [9.17, 15) is 14.4 Å². The van der Waals surface area contributed by atoms with Gasteiger partial charge in [0.15, 0.2) is 0 Å². The van der Waals surface area contributed by atoms with Gasteiger partial charge in [0.1, 0.15) is 0 Å². The van der Waals surface area contributed by atoms with Crippen LogP contribution in [-0.2, 0) is 11.2 Å². The highest BCUT2D eigenvalue weighted by Crippen LogP contribution is 2.24. The Morgan fingerprint density at radius 2 is 1.67 bits per heavy atom. The summed E-state index contributed by atoms with van der Waals surface area (Å²) in [6, 6.07) is 12.2. The smallest absolute Gasteiger partial charge is 0.321 e. The first-order valence-corrected chi connectivity index (χ1v) is 10.4. The van der Waals surface area contributed by atoms with Gasteiger partial charge in [-0.1, -0.05) is 11.6 Å². The summed E-state index contributed by atoms with van der Waals surface area (Å²) in [4.78, 5) is 40.6. The third-order valence-electron chi connectivity index (χ3n) is 5.41. The summed E-state index contributed by atoms with van der Waals surface area (Å²) in [7, 11) is 0. The van der Waals surface area contributed by atoms with Crippen LogP contribution < -0.4 is 10.6 Å². The molecule has 0 unspecified atom stereocenters. The summed E-state index contributed by atoms with van der Waals surface area (Å²) in [6.07, 6.45) is 1.79. The normalized spacial score (nSPS) is 16.4. The fraction of sp³-hybridized carbons (Fsp3) is 0.318. The van der Waals surface area contributed by atoms with E-state index in [1.807, 2.05) is 6.07 Å². The highest BCUT2D eigenvalue weighted by atomic mass is 35.5. The molecule has 4 rings (SSSR count). The van der Waals surface area contributed by atoms with E-state index in [-0.39, 0.29) is 17.8 Å². The SMILES string of the molecule is O=C1CCc2cc(C(=O)N3CCCN(C(=O)Nc4ccc(Cl)cc4)CC3)ccc2N1. The molecule has 0 atom stereocenters. The number of urea groups is 1. The number of benzene rings is 2. The number of aryl methyl sites for hydroxylation is 1. The van der Waals surface area contributed by atoms with E-state index in [1.54, 1.807) is 46.2 Å². The maximum atomic E-state index is 13.0. The van der Waals surface area contributed by atoms with Gasteiger partial charge in [-0.25, -0.2) is 4.79 Å². The fourth-order valence-corrected chi connectivity index (χ4v) is 3.88. The first-order chi connectivity index (χ1) is 14.5. The van der Waals surface area contributed by atoms with Crippen LogP contribution in [0.25, 0.3) is 0 Å². The minimum absolute atomic E-state index is 0.00561. The standard InChI is InChI=1S/C22H23ClN4O3/c23-17-4-6-18(7-5-17)24-22(30)27-11-1-10-26(12-13-27)21(29)16-2-8-19-15(14-16)3-9-20(28)25-19/h2,4-8,14H,1,3,9-13H2,(H,24,30)(H,25,28). The van der Waals surface area contributed by atoms with Crippen LogP contribution in [0.4, 0.5) is 16.2 Å². The van der Waals surface area contributed by atoms with Crippen LogP contribution in [0.2, 0.25) is 5.02 Å². The molecule has 0 aromatic heterocycles. The Balaban J connectivity index is 1.38. The number of amides is 4. The predicted octanol–water partition coefficient (Wildman–Crippen LogP) is 3.60. The minimum atomic E-state index is -0.184. The van der Waals surface area contributed by atoms with E-state index in [2.05, 4.69) is 10.6 Å². The van der Waals surface area contributed by atoms with Crippen LogP contribution in [0.3, 0.4) is 0 Å². The summed E-state index contributed by atoms with van der Waals surface area (Å²) < 4.78 is 0. The second-order valence-electron chi connectivity index (χ2n) is 7.49. The van der Waals surface area contributed by atoms with Gasteiger partial charge in [0, 0.05) is 54.6 Å². The zero-order chi connectivity index (χ0) is 21.1. The van der Waals surface area contributed by atoms with Crippen molar-refractivity contribution >= 4 is 40.8 Å². The van der Waals surface area contributed by atoms with E-state index in [4.69, 9.17) is 11.6 Å². The number of nitrogens with one attached hydrogen (secondary N) is 2. The van der Waals surface area contributed by atoms with Gasteiger partial charge in [0.25, 0.3) is 5.91 Å². The molecule has 2 heterocycles. The van der Waals surface area contributed by atoms with Crippen molar-refractivity contribution in [3.05, 3.63) is 58.6 Å². The van der Waals surface area contributed by atoms with Crippen molar-refractivity contribution in [2.45, 2.75) is 19.3 Å². The number of hydrogen-bond acceptors (Lipinski definition) is 3. The number of carbonyl (C=O) groups is 3. The van der Waals surface area contributed by atoms with Crippen LogP contribution in [0, 0.1) is 0 Å². The Hall–Kier alpha value is -3.06. The molecule has 0 bridgehead atoms. The van der Waals surface area contributed by atoms with Crippen LogP contribution in [-0.4, -0.2) is 53.8 Å². The molecule has 8 heteroatoms. The molecule has 2 aliphatic heterocycles. The molecule has 2 aromatic carbocycles. The molecular weight excluding hydrogens is 404 g/mol. The summed E-state index contributed by atoms with van der Waals surface area (Å²) in [5, 5.41) is 6.32. The van der Waals surface area contributed by atoms with Crippen molar-refractivity contribution < 1.29 is 14.4 Å². The maximum absolute atomic E-state index is 13.0. The topological polar surface area (TPSA) is 81.8 Å². The lowest BCUT2D eigenvalue weighted by Gasteiger charge is -2.23. The van der Waals surface area contributed by atoms with E-state index in [1.165, 1.54) is 0 Å². The lowest BCUT2D eigenvalue weighted by atomic mass is 10.00. The number of carbonyl (C=O) groups excluding carboxylic acids is 3. The van der Waals surface area contributed by atoms with Gasteiger partial charge in [0.05, 0.1) is 0 Å². The van der Waals surface area contributed by atoms with Crippen molar-refractivity contribution in [3.8, 4) is 0 Å². The Morgan fingerprint density at radius 1 is 0.933 bits per heavy atom. The summed E-state index contributed by atoms with van der Waals surface area (Å²) in [6.45, 7) is 2.11. The van der Waals surface area contributed by atoms with Gasteiger partial charge >= 0.3 is 6.03 Å². The molecule has 4 amide bonds. The minimum Gasteiger partial charge on any atom is -0.337 e. The largest absolute Gasteiger partial charge is 0.337 e. The van der Waals surface area contributed by atoms with E-state index < -0.39 is 0 Å². The van der Waals surface area contributed by atoms with Crippen molar-refractivity contribution in [2.24, 2.45) is 0 Å². The number of rotatable bonds is 2. The molecule has 2 aliphatic rings. The third kappa shape index (κ3) is 4.57. The quantitative estimate of drug-likeness (QED) is 0.769. The second kappa shape index (κ2) is 8.75. The highest BCUT2D eigenvalue weighted by molar-refractivity contribution is 6.30. The van der Waals surface area contributed by atoms with Gasteiger partial charge in [-0.3, -0.25) is 9.59 Å². The fourth-order valence-electron chi connectivity index (χ4n) is 3.76. The molecule has 1 fully saturated rings. The van der Waals surface area contributed by atoms with Crippen molar-refractivity contribution in [2.75, 3.05) is 36.8 Å². The number of hydrogen-bond donors (Lipinski definition) is 2. The number of nitrogens with zero attached hydrogens (tertiary/aromatic N) is 2. The molecule has 7 nitrogen and oxygen atoms in total. The zero-order valence-corrected chi connectivity index (χ0v) is 17.2. The van der Waals surface area contributed by atoms with Gasteiger partial charge in [-0.15, -0.1) is 0 Å². The summed E-state index contributed by atoms with van der Waals surface area (Å²) >= 11 is 5.88. The molecule has 0 aliphatic carbocycles. The van der Waals surface area contributed by atoms with Crippen LogP contribution in [0.5, 0.6) is 0 Å². The molecule has 0 radical (unpaired) electrons. The lowest BCUT2D eigenvalue weighted by Crippen LogP contribution is -2.39. The van der Waals surface area contributed by atoms with Crippen LogP contribution in [0.1, 0.15) is 28.8 Å². The molecule has 2 N–H and O–H groups in total. The third-order valence-corrected chi connectivity index (χ3v) is 5.67. The van der Waals surface area contributed by atoms with E-state index >= 15 is 0 Å². The van der Waals surface area contributed by atoms with Crippen molar-refractivity contribution in [3.63, 3.8) is 0 Å². The van der Waals surface area contributed by atoms with Crippen molar-refractivity contribution in [1.29, 1.82) is 0 Å². The van der Waals surface area contributed by atoms with Crippen molar-refractivity contribution in [1.82, 2.24) is 9.80 Å². The summed E-state index contributed by atoms with van der Waals surface area (Å²) in [5.74, 6) is -0.0410. The molecule has 0 saturated carbocycles. The Labute approximate surface area is 180 Å². The van der Waals surface area contributed by atoms with Gasteiger partial charge in [0.2, 0.25) is 5.91 Å². The second-order valence-corrected chi connectivity index (χ2v) is 7.93. The Morgan fingerprint density at radius 3 is 2.47 bits per heavy atom. The molecule has 2 aromatic rings. The molecule has 0 spiro atoms. The van der Waals surface area contributed by atoms with Crippen LogP contribution in [0.15, 0.2) is 42.5 Å². The Kier molecular flexibility index (Phi) is 5.90. The van der Waals surface area contributed by atoms with Gasteiger partial charge in [-0.05, 0) is 60.9 Å². The molecule has 1 saturated heterocycles. The number of fused-ring (bicyclic) bond motifs is 1. The maximum Gasteiger partial charge on any atom is 0.321 e. The average Bonchev–Trinajstić information content (AvgIpc) is 3.01. The summed E-state index contributed by atoms with van der Waals surface area (Å²) in [5.41, 5.74) is 3.06. The zero-order valence-electron chi connectivity index (χ0n) is 16.5. The molecular formula is C22H23ClN4O3. The van der Waals surface area contributed by atoms with E-state index in [0.717, 1.165) is 11.3 Å². The van der Waals surface area contributed by atoms with E-state index in [0.29, 0.717) is 61.7 Å². The highest BCUT2D eigenvalue weighted by Gasteiger charge is 2.24. The first-order valence-electron chi connectivity index (χ1n) is 10.0. The van der Waals surface area contributed by atoms with Crippen LogP contribution >= 0.6 is 11.6 Å². The first kappa shape index (κ1) is 20.2. The monoisotopic (exact) mass is 426 g/mol. The van der Waals surface area contributed by atoms with Gasteiger partial charge in [-0.2, -0.15) is 0 Å². The lowest BCUT2D eigenvalue weighted by molar-refractivity contribution is -0.116. The number of anilines is 2. The predicted molar refractivity (Wildman–Crippen MR) is 116 cm³/mol. The molecule has 156 valence electrons. The van der Waals surface area contributed by atoms with Gasteiger partial charge < -0.3 is 20.4 Å². The molecule has 30 heavy (non-hydrogen) atoms.